The molecule has 0 saturated heterocycles. The highest BCUT2D eigenvalue weighted by molar-refractivity contribution is 6.30. The summed E-state index contributed by atoms with van der Waals surface area (Å²) < 4.78 is 0. The largest absolute Gasteiger partial charge is 0.310 e. The molecule has 0 bridgehead atoms. The van der Waals surface area contributed by atoms with Gasteiger partial charge in [-0.25, -0.2) is 0 Å². The summed E-state index contributed by atoms with van der Waals surface area (Å²) in [5.41, 5.74) is 6.05. The molecule has 1 heterocycles. The Morgan fingerprint density at radius 3 is 3.00 bits per heavy atom. The fraction of sp³-hybridized carbons (Fsp3) is 0.500. The van der Waals surface area contributed by atoms with Crippen LogP contribution in [-0.4, -0.2) is 12.6 Å². The number of hydrogen-bond donors (Lipinski definition) is 1. The van der Waals surface area contributed by atoms with Gasteiger partial charge in [0, 0.05) is 11.1 Å². The van der Waals surface area contributed by atoms with Gasteiger partial charge in [0.2, 0.25) is 0 Å². The summed E-state index contributed by atoms with van der Waals surface area (Å²) in [6.45, 7) is 5.70. The summed E-state index contributed by atoms with van der Waals surface area (Å²) in [5.74, 6) is 0.738. The predicted molar refractivity (Wildman–Crippen MR) is 77.9 cm³/mol. The van der Waals surface area contributed by atoms with Crippen LogP contribution in [0.25, 0.3) is 5.57 Å². The van der Waals surface area contributed by atoms with Crippen LogP contribution in [0.1, 0.15) is 37.8 Å². The number of rotatable bonds is 2. The van der Waals surface area contributed by atoms with Crippen LogP contribution in [0.3, 0.4) is 0 Å². The van der Waals surface area contributed by atoms with Gasteiger partial charge >= 0.3 is 0 Å². The van der Waals surface area contributed by atoms with Gasteiger partial charge in [-0.15, -0.1) is 0 Å². The van der Waals surface area contributed by atoms with Gasteiger partial charge in [-0.05, 0) is 66.1 Å². The highest BCUT2D eigenvalue weighted by atomic mass is 35.5. The second kappa shape index (κ2) is 4.71. The predicted octanol–water partition coefficient (Wildman–Crippen LogP) is 4.06. The van der Waals surface area contributed by atoms with Crippen molar-refractivity contribution in [3.63, 3.8) is 0 Å². The molecular weight excluding hydrogens is 242 g/mol. The first-order valence-corrected chi connectivity index (χ1v) is 7.27. The van der Waals surface area contributed by atoms with Crippen LogP contribution >= 0.6 is 11.6 Å². The lowest BCUT2D eigenvalue weighted by atomic mass is 9.89. The molecule has 1 unspecified atom stereocenters. The van der Waals surface area contributed by atoms with Crippen molar-refractivity contribution in [3.05, 3.63) is 39.9 Å². The minimum Gasteiger partial charge on any atom is -0.310 e. The van der Waals surface area contributed by atoms with E-state index in [1.165, 1.54) is 17.5 Å². The van der Waals surface area contributed by atoms with Crippen molar-refractivity contribution in [1.29, 1.82) is 0 Å². The minimum atomic E-state index is 0.569. The quantitative estimate of drug-likeness (QED) is 0.847. The van der Waals surface area contributed by atoms with E-state index in [0.29, 0.717) is 6.04 Å². The summed E-state index contributed by atoms with van der Waals surface area (Å²) in [4.78, 5) is 0. The first-order chi connectivity index (χ1) is 8.65. The molecule has 18 heavy (non-hydrogen) atoms. The zero-order valence-corrected chi connectivity index (χ0v) is 11.8. The molecule has 0 fully saturated rings. The van der Waals surface area contributed by atoms with E-state index in [1.54, 1.807) is 11.1 Å². The molecule has 1 nitrogen and oxygen atoms in total. The zero-order valence-electron chi connectivity index (χ0n) is 11.1. The second-order valence-electron chi connectivity index (χ2n) is 5.87. The smallest absolute Gasteiger partial charge is 0.0412 e. The average molecular weight is 262 g/mol. The van der Waals surface area contributed by atoms with Crippen molar-refractivity contribution >= 4 is 17.2 Å². The maximum atomic E-state index is 6.14. The van der Waals surface area contributed by atoms with Gasteiger partial charge in [-0.3, -0.25) is 0 Å². The molecule has 0 aromatic heterocycles. The summed E-state index contributed by atoms with van der Waals surface area (Å²) in [6.07, 6.45) is 3.50. The molecule has 0 saturated carbocycles. The monoisotopic (exact) mass is 261 g/mol. The Balaban J connectivity index is 1.96. The van der Waals surface area contributed by atoms with Crippen molar-refractivity contribution in [2.24, 2.45) is 5.92 Å². The number of nitrogens with one attached hydrogen (secondary N) is 1. The lowest BCUT2D eigenvalue weighted by molar-refractivity contribution is 0.449. The third kappa shape index (κ3) is 2.10. The Bertz CT molecular complexity index is 502. The van der Waals surface area contributed by atoms with Crippen LogP contribution in [0, 0.1) is 5.92 Å². The van der Waals surface area contributed by atoms with Gasteiger partial charge in [0.15, 0.2) is 0 Å². The Morgan fingerprint density at radius 1 is 1.39 bits per heavy atom. The van der Waals surface area contributed by atoms with Gasteiger partial charge in [-0.2, -0.15) is 0 Å². The van der Waals surface area contributed by atoms with Crippen LogP contribution in [0.5, 0.6) is 0 Å². The Kier molecular flexibility index (Phi) is 3.21. The summed E-state index contributed by atoms with van der Waals surface area (Å²) in [5, 5.41) is 4.54. The number of hydrogen-bond acceptors (Lipinski definition) is 1. The van der Waals surface area contributed by atoms with E-state index in [1.807, 2.05) is 6.07 Å². The van der Waals surface area contributed by atoms with Crippen LogP contribution in [0.4, 0.5) is 0 Å². The highest BCUT2D eigenvalue weighted by Gasteiger charge is 2.30. The van der Waals surface area contributed by atoms with Crippen molar-refractivity contribution in [1.82, 2.24) is 5.32 Å². The lowest BCUT2D eigenvalue weighted by Crippen LogP contribution is -2.36. The van der Waals surface area contributed by atoms with Crippen molar-refractivity contribution in [2.75, 3.05) is 6.54 Å². The highest BCUT2D eigenvalue weighted by Crippen LogP contribution is 2.40. The van der Waals surface area contributed by atoms with E-state index in [-0.39, 0.29) is 0 Å². The molecule has 1 N–H and O–H groups in total. The zero-order chi connectivity index (χ0) is 12.7. The van der Waals surface area contributed by atoms with Crippen molar-refractivity contribution in [3.8, 4) is 0 Å². The van der Waals surface area contributed by atoms with E-state index < -0.39 is 0 Å². The molecule has 96 valence electrons. The van der Waals surface area contributed by atoms with E-state index in [0.717, 1.165) is 30.3 Å². The van der Waals surface area contributed by atoms with Crippen LogP contribution in [0.15, 0.2) is 23.8 Å². The van der Waals surface area contributed by atoms with E-state index >= 15 is 0 Å². The summed E-state index contributed by atoms with van der Waals surface area (Å²) in [6, 6.07) is 6.93. The fourth-order valence-corrected chi connectivity index (χ4v) is 3.46. The van der Waals surface area contributed by atoms with E-state index in [2.05, 4.69) is 31.3 Å². The van der Waals surface area contributed by atoms with Crippen molar-refractivity contribution in [2.45, 2.75) is 39.2 Å². The second-order valence-corrected chi connectivity index (χ2v) is 6.30. The normalized spacial score (nSPS) is 22.3. The SMILES string of the molecule is CC(C)CC1NCCC2=C1Cc1ccc(Cl)cc12. The first-order valence-electron chi connectivity index (χ1n) is 6.89. The third-order valence-electron chi connectivity index (χ3n) is 4.06. The molecular formula is C16H20ClN. The first kappa shape index (κ1) is 12.3. The maximum absolute atomic E-state index is 6.14. The van der Waals surface area contributed by atoms with Gasteiger partial charge in [0.05, 0.1) is 0 Å². The van der Waals surface area contributed by atoms with E-state index in [4.69, 9.17) is 11.6 Å². The molecule has 1 aliphatic carbocycles. The molecule has 3 rings (SSSR count). The molecule has 1 atom stereocenters. The molecule has 2 aliphatic rings. The standard InChI is InChI=1S/C16H20ClN/c1-10(2)7-16-15-8-11-3-4-12(17)9-14(11)13(15)5-6-18-16/h3-4,9-10,16,18H,5-8H2,1-2H3. The van der Waals surface area contributed by atoms with Crippen molar-refractivity contribution < 1.29 is 0 Å². The maximum Gasteiger partial charge on any atom is 0.0412 e. The van der Waals surface area contributed by atoms with Crippen LogP contribution in [-0.2, 0) is 6.42 Å². The molecule has 0 amide bonds. The average Bonchev–Trinajstić information content (AvgIpc) is 2.68. The molecule has 0 spiro atoms. The van der Waals surface area contributed by atoms with Gasteiger partial charge in [0.25, 0.3) is 0 Å². The van der Waals surface area contributed by atoms with Crippen LogP contribution in [0.2, 0.25) is 5.02 Å². The van der Waals surface area contributed by atoms with Crippen LogP contribution < -0.4 is 5.32 Å². The number of halogens is 1. The third-order valence-corrected chi connectivity index (χ3v) is 4.29. The molecule has 1 aromatic carbocycles. The Labute approximate surface area is 114 Å². The van der Waals surface area contributed by atoms with E-state index in [9.17, 15) is 0 Å². The Hall–Kier alpha value is -0.790. The lowest BCUT2D eigenvalue weighted by Gasteiger charge is -2.28. The molecule has 1 aromatic rings. The number of benzene rings is 1. The van der Waals surface area contributed by atoms with Gasteiger partial charge in [0.1, 0.15) is 0 Å². The summed E-state index contributed by atoms with van der Waals surface area (Å²) in [7, 11) is 0. The van der Waals surface area contributed by atoms with Gasteiger partial charge in [-0.1, -0.05) is 31.5 Å². The minimum absolute atomic E-state index is 0.569. The molecule has 0 radical (unpaired) electrons. The Morgan fingerprint density at radius 2 is 2.22 bits per heavy atom. The van der Waals surface area contributed by atoms with Gasteiger partial charge < -0.3 is 5.32 Å². The molecule has 2 heteroatoms. The number of fused-ring (bicyclic) bond motifs is 2. The molecule has 1 aliphatic heterocycles. The topological polar surface area (TPSA) is 12.0 Å². The summed E-state index contributed by atoms with van der Waals surface area (Å²) >= 11 is 6.14. The fourth-order valence-electron chi connectivity index (χ4n) is 3.29.